The molecule has 0 atom stereocenters. The summed E-state index contributed by atoms with van der Waals surface area (Å²) >= 11 is 17.8. The largest absolute Gasteiger partial charge is 0.506 e. The van der Waals surface area contributed by atoms with Crippen molar-refractivity contribution in [1.29, 1.82) is 0 Å². The molecule has 0 saturated heterocycles. The molecule has 2 heterocycles. The lowest BCUT2D eigenvalue weighted by molar-refractivity contribution is 0.487. The van der Waals surface area contributed by atoms with E-state index in [2.05, 4.69) is 15.2 Å². The molecule has 3 rings (SSSR count). The number of pyridine rings is 1. The normalized spacial score (nSPS) is 11.3. The van der Waals surface area contributed by atoms with Crippen molar-refractivity contribution in [2.24, 2.45) is 0 Å². The Hall–Kier alpha value is -1.76. The standard InChI is InChI=1S/C11H4Cl3N3O3/c12-2-1-3-4(7(14)6(2)13)9(18)5-8(15-3)11(20)17-16-10(5)19/h1H,(H,15,18)(H,16,19)(H,17,20). The number of benzene rings is 1. The molecular formula is C11H4Cl3N3O3. The van der Waals surface area contributed by atoms with Gasteiger partial charge in [-0.05, 0) is 6.07 Å². The second-order valence-electron chi connectivity index (χ2n) is 3.97. The number of fused-ring (bicyclic) bond motifs is 2. The van der Waals surface area contributed by atoms with E-state index in [0.29, 0.717) is 0 Å². The molecule has 3 aromatic rings. The van der Waals surface area contributed by atoms with Crippen LogP contribution in [0.1, 0.15) is 0 Å². The summed E-state index contributed by atoms with van der Waals surface area (Å²) in [7, 11) is 0. The summed E-state index contributed by atoms with van der Waals surface area (Å²) in [4.78, 5) is 27.4. The van der Waals surface area contributed by atoms with Gasteiger partial charge >= 0.3 is 0 Å². The maximum absolute atomic E-state index is 11.7. The van der Waals surface area contributed by atoms with Crippen LogP contribution in [0.25, 0.3) is 21.8 Å². The van der Waals surface area contributed by atoms with Crippen molar-refractivity contribution in [1.82, 2.24) is 15.2 Å². The van der Waals surface area contributed by atoms with E-state index in [1.807, 2.05) is 0 Å². The first-order valence-corrected chi connectivity index (χ1v) is 6.36. The molecule has 0 aliphatic carbocycles. The van der Waals surface area contributed by atoms with Crippen molar-refractivity contribution in [3.05, 3.63) is 41.8 Å². The van der Waals surface area contributed by atoms with Gasteiger partial charge in [-0.3, -0.25) is 19.8 Å². The van der Waals surface area contributed by atoms with Gasteiger partial charge in [0.25, 0.3) is 11.1 Å². The Balaban J connectivity index is 2.73. The van der Waals surface area contributed by atoms with Gasteiger partial charge in [0, 0.05) is 0 Å². The molecular weight excluding hydrogens is 328 g/mol. The summed E-state index contributed by atoms with van der Waals surface area (Å²) in [5.41, 5.74) is -1.41. The second-order valence-corrected chi connectivity index (χ2v) is 5.14. The molecule has 0 amide bonds. The molecule has 0 aliphatic heterocycles. The van der Waals surface area contributed by atoms with E-state index in [1.165, 1.54) is 6.07 Å². The molecule has 0 spiro atoms. The van der Waals surface area contributed by atoms with Crippen LogP contribution < -0.4 is 11.1 Å². The minimum Gasteiger partial charge on any atom is -0.506 e. The number of aromatic hydroxyl groups is 1. The zero-order chi connectivity index (χ0) is 14.6. The van der Waals surface area contributed by atoms with Crippen molar-refractivity contribution < 1.29 is 5.11 Å². The Morgan fingerprint density at radius 1 is 1.00 bits per heavy atom. The Bertz CT molecular complexity index is 994. The van der Waals surface area contributed by atoms with Crippen molar-refractivity contribution in [3.8, 4) is 5.75 Å². The minimum atomic E-state index is -0.700. The van der Waals surface area contributed by atoms with Crippen LogP contribution in [0.5, 0.6) is 5.75 Å². The fraction of sp³-hybridized carbons (Fsp3) is 0. The third-order valence-electron chi connectivity index (χ3n) is 2.82. The lowest BCUT2D eigenvalue weighted by atomic mass is 10.1. The molecule has 9 heteroatoms. The first kappa shape index (κ1) is 13.2. The summed E-state index contributed by atoms with van der Waals surface area (Å²) in [6.07, 6.45) is 0. The molecule has 0 bridgehead atoms. The van der Waals surface area contributed by atoms with Gasteiger partial charge in [-0.15, -0.1) is 0 Å². The lowest BCUT2D eigenvalue weighted by Crippen LogP contribution is -2.20. The second kappa shape index (κ2) is 4.37. The monoisotopic (exact) mass is 331 g/mol. The van der Waals surface area contributed by atoms with Crippen LogP contribution in [0.2, 0.25) is 15.1 Å². The summed E-state index contributed by atoms with van der Waals surface area (Å²) in [5, 5.41) is 14.3. The summed E-state index contributed by atoms with van der Waals surface area (Å²) in [6.45, 7) is 0. The van der Waals surface area contributed by atoms with Crippen molar-refractivity contribution in [2.45, 2.75) is 0 Å². The number of H-pyrrole nitrogens is 2. The molecule has 6 nitrogen and oxygen atoms in total. The molecule has 0 saturated carbocycles. The van der Waals surface area contributed by atoms with Crippen LogP contribution in [0.3, 0.4) is 0 Å². The van der Waals surface area contributed by atoms with Crippen LogP contribution in [-0.4, -0.2) is 20.3 Å². The average Bonchev–Trinajstić information content (AvgIpc) is 2.40. The predicted octanol–water partition coefficient (Wildman–Crippen LogP) is 2.43. The van der Waals surface area contributed by atoms with E-state index >= 15 is 0 Å². The summed E-state index contributed by atoms with van der Waals surface area (Å²) in [5.74, 6) is -0.471. The third kappa shape index (κ3) is 1.69. The van der Waals surface area contributed by atoms with Crippen LogP contribution in [-0.2, 0) is 0 Å². The van der Waals surface area contributed by atoms with E-state index in [9.17, 15) is 14.7 Å². The van der Waals surface area contributed by atoms with Gasteiger partial charge < -0.3 is 5.11 Å². The average molecular weight is 333 g/mol. The molecule has 1 aromatic carbocycles. The predicted molar refractivity (Wildman–Crippen MR) is 77.2 cm³/mol. The van der Waals surface area contributed by atoms with Gasteiger partial charge in [0.15, 0.2) is 0 Å². The van der Waals surface area contributed by atoms with Gasteiger partial charge in [-0.1, -0.05) is 34.8 Å². The highest BCUT2D eigenvalue weighted by Crippen LogP contribution is 2.41. The molecule has 0 aliphatic rings. The highest BCUT2D eigenvalue weighted by Gasteiger charge is 2.19. The fourth-order valence-corrected chi connectivity index (χ4v) is 2.61. The maximum Gasteiger partial charge on any atom is 0.289 e. The zero-order valence-electron chi connectivity index (χ0n) is 9.42. The number of rotatable bonds is 0. The van der Waals surface area contributed by atoms with Crippen LogP contribution in [0.4, 0.5) is 0 Å². The van der Waals surface area contributed by atoms with Gasteiger partial charge in [0.1, 0.15) is 16.7 Å². The first-order valence-electron chi connectivity index (χ1n) is 5.22. The van der Waals surface area contributed by atoms with Gasteiger partial charge in [-0.25, -0.2) is 4.98 Å². The number of nitrogens with zero attached hydrogens (tertiary/aromatic N) is 1. The molecule has 2 aromatic heterocycles. The van der Waals surface area contributed by atoms with Gasteiger partial charge in [-0.2, -0.15) is 0 Å². The Morgan fingerprint density at radius 2 is 1.65 bits per heavy atom. The molecule has 3 N–H and O–H groups in total. The maximum atomic E-state index is 11.7. The number of hydrogen-bond acceptors (Lipinski definition) is 4. The number of aromatic nitrogens is 3. The van der Waals surface area contributed by atoms with E-state index in [1.54, 1.807) is 0 Å². The Labute approximate surface area is 124 Å². The number of aromatic amines is 2. The fourth-order valence-electron chi connectivity index (χ4n) is 1.92. The molecule has 0 fully saturated rings. The molecule has 20 heavy (non-hydrogen) atoms. The lowest BCUT2D eigenvalue weighted by Gasteiger charge is -2.08. The van der Waals surface area contributed by atoms with Crippen molar-refractivity contribution in [3.63, 3.8) is 0 Å². The minimum absolute atomic E-state index is 0.0264. The number of nitrogens with one attached hydrogen (secondary N) is 2. The smallest absolute Gasteiger partial charge is 0.289 e. The zero-order valence-corrected chi connectivity index (χ0v) is 11.7. The highest BCUT2D eigenvalue weighted by atomic mass is 35.5. The number of hydrogen-bond donors (Lipinski definition) is 3. The quantitative estimate of drug-likeness (QED) is 0.435. The van der Waals surface area contributed by atoms with E-state index < -0.39 is 16.9 Å². The highest BCUT2D eigenvalue weighted by molar-refractivity contribution is 6.50. The third-order valence-corrected chi connectivity index (χ3v) is 4.08. The Morgan fingerprint density at radius 3 is 2.35 bits per heavy atom. The SMILES string of the molecule is O=c1[nH][nH]c(=O)c2c(O)c3c(Cl)c(Cl)c(Cl)cc3nc12. The van der Waals surface area contributed by atoms with Crippen LogP contribution in [0.15, 0.2) is 15.7 Å². The summed E-state index contributed by atoms with van der Waals surface area (Å²) in [6, 6.07) is 1.35. The van der Waals surface area contributed by atoms with Crippen LogP contribution in [0, 0.1) is 0 Å². The molecule has 0 radical (unpaired) electrons. The van der Waals surface area contributed by atoms with Crippen molar-refractivity contribution >= 4 is 56.6 Å². The van der Waals surface area contributed by atoms with E-state index in [0.717, 1.165) is 0 Å². The van der Waals surface area contributed by atoms with E-state index in [-0.39, 0.29) is 36.9 Å². The summed E-state index contributed by atoms with van der Waals surface area (Å²) < 4.78 is 0. The van der Waals surface area contributed by atoms with Crippen molar-refractivity contribution in [2.75, 3.05) is 0 Å². The number of halogens is 3. The van der Waals surface area contributed by atoms with Gasteiger partial charge in [0.05, 0.1) is 26.0 Å². The van der Waals surface area contributed by atoms with Crippen LogP contribution >= 0.6 is 34.8 Å². The Kier molecular flexibility index (Phi) is 2.89. The van der Waals surface area contributed by atoms with E-state index in [4.69, 9.17) is 34.8 Å². The molecule has 102 valence electrons. The molecule has 0 unspecified atom stereocenters. The topological polar surface area (TPSA) is 98.8 Å². The van der Waals surface area contributed by atoms with Gasteiger partial charge in [0.2, 0.25) is 0 Å². The first-order chi connectivity index (χ1) is 9.41.